The number of allylic oxidation sites excluding steroid dienone is 4. The van der Waals surface area contributed by atoms with E-state index in [4.69, 9.17) is 15.0 Å². The highest BCUT2D eigenvalue weighted by Crippen LogP contribution is 2.38. The van der Waals surface area contributed by atoms with Crippen molar-refractivity contribution in [3.8, 4) is 45.3 Å². The van der Waals surface area contributed by atoms with E-state index in [1.54, 1.807) is 0 Å². The molecule has 10 aromatic rings. The number of benzene rings is 8. The van der Waals surface area contributed by atoms with Crippen LogP contribution in [0.3, 0.4) is 0 Å². The Hall–Kier alpha value is -7.43. The number of hydrogen-bond donors (Lipinski definition) is 0. The van der Waals surface area contributed by atoms with Gasteiger partial charge in [0.15, 0.2) is 17.5 Å². The molecule has 11 rings (SSSR count). The molecule has 0 radical (unpaired) electrons. The molecule has 0 aliphatic heterocycles. The maximum absolute atomic E-state index is 5.17. The second kappa shape index (κ2) is 13.7. The van der Waals surface area contributed by atoms with Crippen LogP contribution in [0.1, 0.15) is 18.0 Å². The summed E-state index contributed by atoms with van der Waals surface area (Å²) in [4.78, 5) is 15.3. The smallest absolute Gasteiger partial charge is 0.164 e. The first-order valence-corrected chi connectivity index (χ1v) is 19.5. The summed E-state index contributed by atoms with van der Waals surface area (Å²) in [5, 5.41) is 7.20. The van der Waals surface area contributed by atoms with Gasteiger partial charge in [0.1, 0.15) is 0 Å². The molecule has 8 aromatic carbocycles. The third kappa shape index (κ3) is 5.82. The van der Waals surface area contributed by atoms with E-state index in [0.29, 0.717) is 17.5 Å². The second-order valence-corrected chi connectivity index (χ2v) is 14.7. The van der Waals surface area contributed by atoms with Crippen molar-refractivity contribution in [2.24, 2.45) is 0 Å². The van der Waals surface area contributed by atoms with Gasteiger partial charge in [-0.3, -0.25) is 0 Å². The summed E-state index contributed by atoms with van der Waals surface area (Å²) in [7, 11) is 0. The van der Waals surface area contributed by atoms with Gasteiger partial charge in [-0.15, -0.1) is 0 Å². The average Bonchev–Trinajstić information content (AvgIpc) is 3.63. The first-order chi connectivity index (χ1) is 28.2. The molecule has 0 N–H and O–H groups in total. The lowest BCUT2D eigenvalue weighted by Crippen LogP contribution is -2.07. The molecular weight excluding hydrogens is 693 g/mol. The Morgan fingerprint density at radius 1 is 0.404 bits per heavy atom. The van der Waals surface area contributed by atoms with Gasteiger partial charge in [0.05, 0.1) is 6.04 Å². The molecule has 1 aliphatic carbocycles. The monoisotopic (exact) mass is 728 g/mol. The van der Waals surface area contributed by atoms with Crippen LogP contribution in [0, 0.1) is 0 Å². The van der Waals surface area contributed by atoms with Crippen LogP contribution < -0.4 is 0 Å². The van der Waals surface area contributed by atoms with Crippen molar-refractivity contribution in [3.63, 3.8) is 0 Å². The summed E-state index contributed by atoms with van der Waals surface area (Å²) in [5.74, 6) is 1.95. The number of hydrogen-bond acceptors (Lipinski definition) is 3. The Morgan fingerprint density at radius 2 is 0.912 bits per heavy atom. The maximum atomic E-state index is 5.17. The highest BCUT2D eigenvalue weighted by Gasteiger charge is 2.19. The predicted octanol–water partition coefficient (Wildman–Crippen LogP) is 13.5. The minimum absolute atomic E-state index is 0.257. The molecule has 0 fully saturated rings. The summed E-state index contributed by atoms with van der Waals surface area (Å²) >= 11 is 0. The molecule has 2 aromatic heterocycles. The van der Waals surface area contributed by atoms with Gasteiger partial charge >= 0.3 is 0 Å². The SMILES string of the molecule is C1=CC(n2c3ccccc3c3ccccc32)CC=C1c1ccc2cc(-c3nc(-c4ccccc4)nc(-c4ccc(-c5ccccc5)c5ccccc45)n3)ccc2c1. The molecule has 1 aliphatic rings. The Labute approximate surface area is 330 Å². The van der Waals surface area contributed by atoms with Crippen molar-refractivity contribution < 1.29 is 0 Å². The number of rotatable bonds is 6. The predicted molar refractivity (Wildman–Crippen MR) is 237 cm³/mol. The highest BCUT2D eigenvalue weighted by molar-refractivity contribution is 6.08. The summed E-state index contributed by atoms with van der Waals surface area (Å²) in [6.07, 6.45) is 7.97. The van der Waals surface area contributed by atoms with Gasteiger partial charge in [0.25, 0.3) is 0 Å². The van der Waals surface area contributed by atoms with Crippen LogP contribution in [-0.2, 0) is 0 Å². The van der Waals surface area contributed by atoms with Gasteiger partial charge in [-0.1, -0.05) is 170 Å². The molecule has 2 heterocycles. The Kier molecular flexibility index (Phi) is 7.92. The second-order valence-electron chi connectivity index (χ2n) is 14.7. The van der Waals surface area contributed by atoms with Crippen LogP contribution in [0.5, 0.6) is 0 Å². The molecule has 57 heavy (non-hydrogen) atoms. The van der Waals surface area contributed by atoms with Crippen molar-refractivity contribution in [2.45, 2.75) is 12.5 Å². The van der Waals surface area contributed by atoms with Crippen LogP contribution >= 0.6 is 0 Å². The van der Waals surface area contributed by atoms with Gasteiger partial charge in [0, 0.05) is 38.5 Å². The molecule has 4 nitrogen and oxygen atoms in total. The molecule has 1 unspecified atom stereocenters. The van der Waals surface area contributed by atoms with Crippen LogP contribution in [0.15, 0.2) is 200 Å². The van der Waals surface area contributed by atoms with Gasteiger partial charge in [-0.05, 0) is 80.6 Å². The zero-order chi connectivity index (χ0) is 37.7. The van der Waals surface area contributed by atoms with Gasteiger partial charge in [0.2, 0.25) is 0 Å². The van der Waals surface area contributed by atoms with E-state index in [9.17, 15) is 0 Å². The van der Waals surface area contributed by atoms with E-state index in [0.717, 1.165) is 39.3 Å². The van der Waals surface area contributed by atoms with Crippen LogP contribution in [0.4, 0.5) is 0 Å². The van der Waals surface area contributed by atoms with Crippen LogP contribution in [0.25, 0.3) is 94.2 Å². The molecule has 0 spiro atoms. The first-order valence-electron chi connectivity index (χ1n) is 19.5. The Bertz CT molecular complexity index is 3160. The van der Waals surface area contributed by atoms with Crippen molar-refractivity contribution >= 4 is 48.9 Å². The van der Waals surface area contributed by atoms with E-state index < -0.39 is 0 Å². The molecule has 0 saturated carbocycles. The summed E-state index contributed by atoms with van der Waals surface area (Å²) in [6, 6.07) is 64.6. The van der Waals surface area contributed by atoms with E-state index in [1.807, 2.05) is 18.2 Å². The lowest BCUT2D eigenvalue weighted by atomic mass is 9.94. The number of para-hydroxylation sites is 2. The Balaban J connectivity index is 0.947. The molecule has 268 valence electrons. The molecular formula is C53H36N4. The lowest BCUT2D eigenvalue weighted by Gasteiger charge is -2.21. The third-order valence-corrected chi connectivity index (χ3v) is 11.4. The molecule has 0 saturated heterocycles. The van der Waals surface area contributed by atoms with Gasteiger partial charge in [-0.25, -0.2) is 15.0 Å². The van der Waals surface area contributed by atoms with E-state index in [1.165, 1.54) is 49.5 Å². The van der Waals surface area contributed by atoms with E-state index >= 15 is 0 Å². The largest absolute Gasteiger partial charge is 0.333 e. The lowest BCUT2D eigenvalue weighted by molar-refractivity contribution is 0.649. The molecule has 1 atom stereocenters. The normalized spacial score (nSPS) is 14.1. The van der Waals surface area contributed by atoms with Crippen molar-refractivity contribution in [3.05, 3.63) is 206 Å². The number of nitrogens with zero attached hydrogens (tertiary/aromatic N) is 4. The minimum atomic E-state index is 0.257. The van der Waals surface area contributed by atoms with E-state index in [-0.39, 0.29) is 6.04 Å². The minimum Gasteiger partial charge on any atom is -0.333 e. The first kappa shape index (κ1) is 33.0. The van der Waals surface area contributed by atoms with Gasteiger partial charge < -0.3 is 4.57 Å². The summed E-state index contributed by atoms with van der Waals surface area (Å²) in [6.45, 7) is 0. The number of aromatic nitrogens is 4. The fourth-order valence-electron chi connectivity index (χ4n) is 8.59. The van der Waals surface area contributed by atoms with Crippen molar-refractivity contribution in [1.82, 2.24) is 19.5 Å². The average molecular weight is 729 g/mol. The quantitative estimate of drug-likeness (QED) is 0.171. The molecule has 0 bridgehead atoms. The van der Waals surface area contributed by atoms with Gasteiger partial charge in [-0.2, -0.15) is 0 Å². The topological polar surface area (TPSA) is 43.6 Å². The van der Waals surface area contributed by atoms with Crippen molar-refractivity contribution in [2.75, 3.05) is 0 Å². The number of fused-ring (bicyclic) bond motifs is 5. The summed E-state index contributed by atoms with van der Waals surface area (Å²) in [5.41, 5.74) is 10.3. The standard InChI is InChI=1S/C53H36N4/c1-3-13-36(14-4-1)43-31-32-48(45-18-8-7-17-44(43)45)53-55-51(37-15-5-2-6-16-37)54-52(56-53)41-26-25-39-33-38(23-24-40(39)34-41)35-27-29-42(30-28-35)57-49-21-11-9-19-46(49)47-20-10-12-22-50(47)57/h1-29,31-34,42H,30H2. The molecule has 0 amide bonds. The summed E-state index contributed by atoms with van der Waals surface area (Å²) < 4.78 is 2.49. The fraction of sp³-hybridized carbons (Fsp3) is 0.0377. The molecule has 4 heteroatoms. The Morgan fingerprint density at radius 3 is 1.56 bits per heavy atom. The highest BCUT2D eigenvalue weighted by atomic mass is 15.0. The zero-order valence-corrected chi connectivity index (χ0v) is 31.1. The van der Waals surface area contributed by atoms with E-state index in [2.05, 4.69) is 187 Å². The fourth-order valence-corrected chi connectivity index (χ4v) is 8.59. The zero-order valence-electron chi connectivity index (χ0n) is 31.1. The van der Waals surface area contributed by atoms with Crippen LogP contribution in [-0.4, -0.2) is 19.5 Å². The maximum Gasteiger partial charge on any atom is 0.164 e. The third-order valence-electron chi connectivity index (χ3n) is 11.4. The van der Waals surface area contributed by atoms with Crippen molar-refractivity contribution in [1.29, 1.82) is 0 Å². The van der Waals surface area contributed by atoms with Crippen LogP contribution in [0.2, 0.25) is 0 Å².